The minimum absolute atomic E-state index is 0.0175. The van der Waals surface area contributed by atoms with Gasteiger partial charge in [0.1, 0.15) is 0 Å². The molecule has 0 bridgehead atoms. The number of pyridine rings is 1. The second-order valence-corrected chi connectivity index (χ2v) is 9.55. The highest BCUT2D eigenvalue weighted by Gasteiger charge is 2.47. The van der Waals surface area contributed by atoms with Crippen molar-refractivity contribution in [1.82, 2.24) is 14.8 Å². The number of likely N-dealkylation sites (tertiary alicyclic amines) is 1. The predicted octanol–water partition coefficient (Wildman–Crippen LogP) is 3.46. The van der Waals surface area contributed by atoms with E-state index in [0.29, 0.717) is 17.7 Å². The van der Waals surface area contributed by atoms with Crippen LogP contribution in [0.4, 0.5) is 5.69 Å². The number of rotatable bonds is 4. The molecule has 7 nitrogen and oxygen atoms in total. The first kappa shape index (κ1) is 23.1. The number of aliphatic hydroxyl groups is 1. The Labute approximate surface area is 205 Å². The van der Waals surface area contributed by atoms with Crippen molar-refractivity contribution in [3.63, 3.8) is 0 Å². The molecule has 1 saturated heterocycles. The van der Waals surface area contributed by atoms with Crippen molar-refractivity contribution < 1.29 is 14.7 Å². The van der Waals surface area contributed by atoms with Crippen molar-refractivity contribution in [2.24, 2.45) is 5.92 Å². The van der Waals surface area contributed by atoms with Crippen molar-refractivity contribution in [3.05, 3.63) is 83.7 Å². The molecule has 2 aliphatic heterocycles. The van der Waals surface area contributed by atoms with Crippen molar-refractivity contribution in [2.75, 3.05) is 39.2 Å². The fourth-order valence-corrected chi connectivity index (χ4v) is 5.61. The lowest BCUT2D eigenvalue weighted by Gasteiger charge is -2.44. The van der Waals surface area contributed by atoms with E-state index in [-0.39, 0.29) is 36.4 Å². The van der Waals surface area contributed by atoms with Gasteiger partial charge in [0.15, 0.2) is 0 Å². The lowest BCUT2D eigenvalue weighted by atomic mass is 9.81. The van der Waals surface area contributed by atoms with Gasteiger partial charge in [-0.15, -0.1) is 0 Å². The Morgan fingerprint density at radius 1 is 1.03 bits per heavy atom. The number of aliphatic hydroxyl groups excluding tert-OH is 1. The Hall–Kier alpha value is -3.71. The fraction of sp³-hybridized carbons (Fsp3) is 0.321. The number of anilines is 1. The van der Waals surface area contributed by atoms with E-state index in [1.165, 1.54) is 0 Å². The van der Waals surface area contributed by atoms with E-state index in [2.05, 4.69) is 22.0 Å². The minimum atomic E-state index is -0.134. The van der Waals surface area contributed by atoms with Crippen LogP contribution >= 0.6 is 0 Å². The minimum Gasteiger partial charge on any atom is -0.394 e. The predicted molar refractivity (Wildman–Crippen MR) is 135 cm³/mol. The Kier molecular flexibility index (Phi) is 6.03. The first-order valence-electron chi connectivity index (χ1n) is 11.9. The summed E-state index contributed by atoms with van der Waals surface area (Å²) in [6.07, 6.45) is 4.10. The van der Waals surface area contributed by atoms with Crippen LogP contribution in [0.3, 0.4) is 0 Å². The number of aromatic nitrogens is 1. The molecule has 180 valence electrons. The second-order valence-electron chi connectivity index (χ2n) is 9.55. The summed E-state index contributed by atoms with van der Waals surface area (Å²) >= 11 is 0. The van der Waals surface area contributed by atoms with Crippen LogP contribution in [0.25, 0.3) is 11.1 Å². The first-order chi connectivity index (χ1) is 16.9. The molecule has 1 fully saturated rings. The zero-order valence-electron chi connectivity index (χ0n) is 20.3. The van der Waals surface area contributed by atoms with Crippen molar-refractivity contribution in [1.29, 1.82) is 0 Å². The third-order valence-corrected chi connectivity index (χ3v) is 7.39. The molecule has 0 saturated carbocycles. The number of hydrogen-bond acceptors (Lipinski definition) is 5. The molecule has 1 N–H and O–H groups in total. The normalized spacial score (nSPS) is 20.9. The van der Waals surface area contributed by atoms with Crippen molar-refractivity contribution in [2.45, 2.75) is 18.5 Å². The Morgan fingerprint density at radius 3 is 2.49 bits per heavy atom. The van der Waals surface area contributed by atoms with Gasteiger partial charge in [0.25, 0.3) is 11.8 Å². The van der Waals surface area contributed by atoms with Crippen LogP contribution in [-0.4, -0.2) is 72.0 Å². The SMILES string of the molecule is CN(C)C(=O)c1cccc(-c2ccc3c(c2)[C@H]2[C@H](CCN2C(=O)c2ccncc2)[C@@H](CO)N3C)c1. The molecule has 3 atom stereocenters. The van der Waals surface area contributed by atoms with Crippen LogP contribution < -0.4 is 4.90 Å². The summed E-state index contributed by atoms with van der Waals surface area (Å²) in [5.74, 6) is 0.0663. The molecule has 0 radical (unpaired) electrons. The van der Waals surface area contributed by atoms with Gasteiger partial charge in [-0.1, -0.05) is 18.2 Å². The van der Waals surface area contributed by atoms with E-state index in [9.17, 15) is 14.7 Å². The molecule has 1 aromatic heterocycles. The molecule has 7 heteroatoms. The van der Waals surface area contributed by atoms with Gasteiger partial charge < -0.3 is 19.8 Å². The number of fused-ring (bicyclic) bond motifs is 3. The largest absolute Gasteiger partial charge is 0.394 e. The zero-order valence-corrected chi connectivity index (χ0v) is 20.3. The molecule has 2 amide bonds. The van der Waals surface area contributed by atoms with Crippen molar-refractivity contribution in [3.8, 4) is 11.1 Å². The summed E-state index contributed by atoms with van der Waals surface area (Å²) in [5.41, 5.74) is 5.29. The molecule has 0 aliphatic carbocycles. The topological polar surface area (TPSA) is 77.0 Å². The average molecular weight is 471 g/mol. The molecular weight excluding hydrogens is 440 g/mol. The van der Waals surface area contributed by atoms with Crippen LogP contribution in [0.2, 0.25) is 0 Å². The van der Waals surface area contributed by atoms with Gasteiger partial charge in [-0.25, -0.2) is 0 Å². The van der Waals surface area contributed by atoms with Gasteiger partial charge in [-0.05, 0) is 59.5 Å². The highest BCUT2D eigenvalue weighted by atomic mass is 16.3. The van der Waals surface area contributed by atoms with Crippen LogP contribution in [0.15, 0.2) is 67.0 Å². The van der Waals surface area contributed by atoms with Crippen molar-refractivity contribution >= 4 is 17.5 Å². The van der Waals surface area contributed by atoms with E-state index in [4.69, 9.17) is 0 Å². The molecule has 5 rings (SSSR count). The van der Waals surface area contributed by atoms with E-state index < -0.39 is 0 Å². The number of amides is 2. The molecule has 0 spiro atoms. The number of likely N-dealkylation sites (N-methyl/N-ethyl adjacent to an activating group) is 1. The lowest BCUT2D eigenvalue weighted by Crippen LogP contribution is -2.48. The van der Waals surface area contributed by atoms with Gasteiger partial charge in [-0.2, -0.15) is 0 Å². The summed E-state index contributed by atoms with van der Waals surface area (Å²) in [6.45, 7) is 0.669. The number of nitrogens with zero attached hydrogens (tertiary/aromatic N) is 4. The van der Waals surface area contributed by atoms with Gasteiger partial charge in [-0.3, -0.25) is 14.6 Å². The highest BCUT2D eigenvalue weighted by molar-refractivity contribution is 5.96. The molecule has 2 aromatic carbocycles. The van der Waals surface area contributed by atoms with Crippen LogP contribution in [0.5, 0.6) is 0 Å². The maximum atomic E-state index is 13.5. The average Bonchev–Trinajstić information content (AvgIpc) is 3.33. The number of benzene rings is 2. The Balaban J connectivity index is 1.59. The second kappa shape index (κ2) is 9.15. The quantitative estimate of drug-likeness (QED) is 0.632. The number of carbonyl (C=O) groups excluding carboxylic acids is 2. The summed E-state index contributed by atoms with van der Waals surface area (Å²) in [6, 6.07) is 17.2. The summed E-state index contributed by atoms with van der Waals surface area (Å²) in [5, 5.41) is 10.2. The fourth-order valence-electron chi connectivity index (χ4n) is 5.61. The standard InChI is InChI=1S/C28H30N4O3/c1-30(2)27(34)21-6-4-5-19(15-21)20-7-8-24-23(16-20)26-22(25(17-33)31(24)3)11-14-32(26)28(35)18-9-12-29-13-10-18/h4-10,12-13,15-16,22,25-26,33H,11,14,17H2,1-3H3/t22-,25-,26-/m1/s1. The monoisotopic (exact) mass is 470 g/mol. The molecule has 35 heavy (non-hydrogen) atoms. The van der Waals surface area contributed by atoms with Crippen LogP contribution in [-0.2, 0) is 0 Å². The maximum Gasteiger partial charge on any atom is 0.254 e. The first-order valence-corrected chi connectivity index (χ1v) is 11.9. The molecule has 2 aliphatic rings. The third-order valence-electron chi connectivity index (χ3n) is 7.39. The van der Waals surface area contributed by atoms with E-state index in [1.807, 2.05) is 42.3 Å². The highest BCUT2D eigenvalue weighted by Crippen LogP contribution is 2.49. The van der Waals surface area contributed by atoms with Gasteiger partial charge in [0, 0.05) is 62.8 Å². The maximum absolute atomic E-state index is 13.5. The van der Waals surface area contributed by atoms with Crippen LogP contribution in [0, 0.1) is 5.92 Å². The molecule has 0 unspecified atom stereocenters. The number of carbonyl (C=O) groups is 2. The molecular formula is C28H30N4O3. The summed E-state index contributed by atoms with van der Waals surface area (Å²) in [7, 11) is 5.51. The third kappa shape index (κ3) is 3.96. The molecule has 3 heterocycles. The van der Waals surface area contributed by atoms with E-state index in [1.54, 1.807) is 43.5 Å². The lowest BCUT2D eigenvalue weighted by molar-refractivity contribution is 0.0693. The van der Waals surface area contributed by atoms with E-state index in [0.717, 1.165) is 28.8 Å². The summed E-state index contributed by atoms with van der Waals surface area (Å²) in [4.78, 5) is 35.7. The summed E-state index contributed by atoms with van der Waals surface area (Å²) < 4.78 is 0. The van der Waals surface area contributed by atoms with Gasteiger partial charge in [0.2, 0.25) is 0 Å². The van der Waals surface area contributed by atoms with Gasteiger partial charge >= 0.3 is 0 Å². The number of hydrogen-bond donors (Lipinski definition) is 1. The molecule has 3 aromatic rings. The Bertz CT molecular complexity index is 1260. The zero-order chi connectivity index (χ0) is 24.7. The van der Waals surface area contributed by atoms with E-state index >= 15 is 0 Å². The Morgan fingerprint density at radius 2 is 1.77 bits per heavy atom. The van der Waals surface area contributed by atoms with Crippen LogP contribution in [0.1, 0.15) is 38.7 Å². The smallest absolute Gasteiger partial charge is 0.254 e. The van der Waals surface area contributed by atoms with Gasteiger partial charge in [0.05, 0.1) is 18.7 Å².